The maximum atomic E-state index is 12.3. The van der Waals surface area contributed by atoms with Gasteiger partial charge in [-0.1, -0.05) is 13.8 Å². The van der Waals surface area contributed by atoms with E-state index in [2.05, 4.69) is 5.32 Å². The molecule has 6 heteroatoms. The van der Waals surface area contributed by atoms with Crippen LogP contribution in [-0.4, -0.2) is 26.9 Å². The fraction of sp³-hybridized carbons (Fsp3) is 0.211. The Bertz CT molecular complexity index is 712. The summed E-state index contributed by atoms with van der Waals surface area (Å²) in [6.07, 6.45) is -4.28. The first-order valence-corrected chi connectivity index (χ1v) is 9.46. The van der Waals surface area contributed by atoms with Crippen molar-refractivity contribution in [2.75, 3.05) is 5.32 Å². The molecule has 0 unspecified atom stereocenters. The van der Waals surface area contributed by atoms with Crippen molar-refractivity contribution in [1.29, 1.82) is 0 Å². The molecule has 0 aliphatic rings. The zero-order valence-corrected chi connectivity index (χ0v) is 15.9. The number of hydrogen-bond donors (Lipinski definition) is 1. The Morgan fingerprint density at radius 2 is 1.56 bits per heavy atom. The molecule has 0 radical (unpaired) electrons. The van der Waals surface area contributed by atoms with Gasteiger partial charge in [0.05, 0.1) is 0 Å². The maximum absolute atomic E-state index is 12.3. The molecule has 0 heterocycles. The number of allylic oxidation sites excluding steroid dienone is 2. The standard InChI is InChI=1S/C17H14F3NOSe.C2H6/c1-12(11-16(22)17(18,19)20)21-14-9-5-6-10-15(14)23-13-7-3-2-4-8-13;1-2/h2-11,21H,1H3;1-2H3/b12-11-;. The van der Waals surface area contributed by atoms with E-state index < -0.39 is 12.0 Å². The molecule has 0 amide bonds. The molecule has 0 saturated heterocycles. The summed E-state index contributed by atoms with van der Waals surface area (Å²) in [7, 11) is 0. The van der Waals surface area contributed by atoms with E-state index >= 15 is 0 Å². The average Bonchev–Trinajstić information content (AvgIpc) is 2.58. The van der Waals surface area contributed by atoms with Gasteiger partial charge in [-0.25, -0.2) is 0 Å². The summed E-state index contributed by atoms with van der Waals surface area (Å²) >= 11 is 0.0131. The van der Waals surface area contributed by atoms with E-state index in [4.69, 9.17) is 0 Å². The number of halogens is 3. The minimum absolute atomic E-state index is 0.0131. The van der Waals surface area contributed by atoms with Crippen molar-refractivity contribution in [3.63, 3.8) is 0 Å². The molecule has 2 aromatic rings. The number of nitrogens with one attached hydrogen (secondary N) is 1. The van der Waals surface area contributed by atoms with Gasteiger partial charge in [-0.2, -0.15) is 0 Å². The van der Waals surface area contributed by atoms with E-state index in [1.54, 1.807) is 12.1 Å². The van der Waals surface area contributed by atoms with Gasteiger partial charge in [0.2, 0.25) is 0 Å². The molecule has 25 heavy (non-hydrogen) atoms. The molecule has 2 nitrogen and oxygen atoms in total. The Labute approximate surface area is 152 Å². The number of carbonyl (C=O) groups excluding carboxylic acids is 1. The van der Waals surface area contributed by atoms with E-state index in [0.717, 1.165) is 8.92 Å². The third-order valence-electron chi connectivity index (χ3n) is 2.82. The predicted octanol–water partition coefficient (Wildman–Crippen LogP) is 3.81. The molecule has 0 fully saturated rings. The van der Waals surface area contributed by atoms with Gasteiger partial charge >= 0.3 is 138 Å². The van der Waals surface area contributed by atoms with E-state index in [0.29, 0.717) is 11.8 Å². The second-order valence-electron chi connectivity index (χ2n) is 4.73. The first-order valence-electron chi connectivity index (χ1n) is 7.74. The van der Waals surface area contributed by atoms with Crippen LogP contribution in [0.4, 0.5) is 18.9 Å². The molecular weight excluding hydrogens is 394 g/mol. The summed E-state index contributed by atoms with van der Waals surface area (Å²) in [5.41, 5.74) is 0.865. The Kier molecular flexibility index (Phi) is 8.46. The van der Waals surface area contributed by atoms with Gasteiger partial charge in [0, 0.05) is 0 Å². The molecule has 1 N–H and O–H groups in total. The number of hydrogen-bond acceptors (Lipinski definition) is 2. The molecule has 134 valence electrons. The predicted molar refractivity (Wildman–Crippen MR) is 97.7 cm³/mol. The molecule has 0 spiro atoms. The van der Waals surface area contributed by atoms with E-state index in [9.17, 15) is 18.0 Å². The molecule has 0 aromatic heterocycles. The van der Waals surface area contributed by atoms with Crippen LogP contribution in [0.25, 0.3) is 0 Å². The maximum Gasteiger partial charge on any atom is -0.0683 e. The summed E-state index contributed by atoms with van der Waals surface area (Å²) < 4.78 is 39.0. The first kappa shape index (κ1) is 21.0. The van der Waals surface area contributed by atoms with Crippen molar-refractivity contribution < 1.29 is 18.0 Å². The van der Waals surface area contributed by atoms with Crippen molar-refractivity contribution in [1.82, 2.24) is 0 Å². The summed E-state index contributed by atoms with van der Waals surface area (Å²) in [4.78, 5) is 11.0. The van der Waals surface area contributed by atoms with Gasteiger partial charge in [-0.15, -0.1) is 0 Å². The van der Waals surface area contributed by atoms with Crippen LogP contribution in [0.15, 0.2) is 66.4 Å². The molecule has 0 atom stereocenters. The third-order valence-corrected chi connectivity index (χ3v) is 5.09. The Morgan fingerprint density at radius 3 is 2.16 bits per heavy atom. The van der Waals surface area contributed by atoms with Gasteiger partial charge in [0.25, 0.3) is 0 Å². The molecule has 0 aliphatic carbocycles. The second-order valence-corrected chi connectivity index (χ2v) is 7.07. The minimum Gasteiger partial charge on any atom is -0.0683 e. The van der Waals surface area contributed by atoms with Crippen LogP contribution >= 0.6 is 0 Å². The monoisotopic (exact) mass is 415 g/mol. The van der Waals surface area contributed by atoms with E-state index in [1.807, 2.05) is 56.3 Å². The zero-order valence-electron chi connectivity index (χ0n) is 14.2. The van der Waals surface area contributed by atoms with Crippen LogP contribution in [0.2, 0.25) is 0 Å². The van der Waals surface area contributed by atoms with Gasteiger partial charge in [-0.05, 0) is 0 Å². The number of carbonyl (C=O) groups is 1. The topological polar surface area (TPSA) is 29.1 Å². The number of rotatable bonds is 5. The number of benzene rings is 2. The number of para-hydroxylation sites is 1. The van der Waals surface area contributed by atoms with Gasteiger partial charge < -0.3 is 0 Å². The van der Waals surface area contributed by atoms with Crippen molar-refractivity contribution in [3.8, 4) is 0 Å². The van der Waals surface area contributed by atoms with Crippen LogP contribution in [0.3, 0.4) is 0 Å². The zero-order chi connectivity index (χ0) is 18.9. The van der Waals surface area contributed by atoms with Gasteiger partial charge in [0.15, 0.2) is 0 Å². The van der Waals surface area contributed by atoms with Crippen molar-refractivity contribution in [3.05, 3.63) is 66.4 Å². The van der Waals surface area contributed by atoms with Crippen LogP contribution < -0.4 is 14.2 Å². The molecule has 0 saturated carbocycles. The second kappa shape index (κ2) is 10.1. The third kappa shape index (κ3) is 7.16. The molecule has 0 aliphatic heterocycles. The fourth-order valence-corrected chi connectivity index (χ4v) is 3.74. The number of anilines is 1. The minimum atomic E-state index is -4.85. The summed E-state index contributed by atoms with van der Waals surface area (Å²) in [5, 5.41) is 2.89. The van der Waals surface area contributed by atoms with Gasteiger partial charge in [-0.3, -0.25) is 0 Å². The number of alkyl halides is 3. The summed E-state index contributed by atoms with van der Waals surface area (Å²) in [6, 6.07) is 17.2. The van der Waals surface area contributed by atoms with Crippen molar-refractivity contribution in [2.45, 2.75) is 26.9 Å². The quantitative estimate of drug-likeness (QED) is 0.596. The Balaban J connectivity index is 0.00000151. The summed E-state index contributed by atoms with van der Waals surface area (Å²) in [6.45, 7) is 5.44. The summed E-state index contributed by atoms with van der Waals surface area (Å²) in [5.74, 6) is -1.87. The van der Waals surface area contributed by atoms with Crippen LogP contribution in [0, 0.1) is 0 Å². The average molecular weight is 414 g/mol. The smallest absolute Gasteiger partial charge is 0.0683 e. The first-order chi connectivity index (χ1) is 11.9. The van der Waals surface area contributed by atoms with Crippen LogP contribution in [0.1, 0.15) is 20.8 Å². The Hall–Kier alpha value is -2.04. The molecule has 0 bridgehead atoms. The van der Waals surface area contributed by atoms with E-state index in [1.165, 1.54) is 6.92 Å². The van der Waals surface area contributed by atoms with Gasteiger partial charge in [0.1, 0.15) is 0 Å². The van der Waals surface area contributed by atoms with Crippen LogP contribution in [-0.2, 0) is 4.79 Å². The fourth-order valence-electron chi connectivity index (χ4n) is 1.80. The largest absolute Gasteiger partial charge is 0.0683 e. The normalized spacial score (nSPS) is 11.4. The van der Waals surface area contributed by atoms with Crippen molar-refractivity contribution in [2.24, 2.45) is 0 Å². The van der Waals surface area contributed by atoms with Crippen molar-refractivity contribution >= 4 is 35.4 Å². The molecular formula is C19H20F3NOSe. The van der Waals surface area contributed by atoms with E-state index in [-0.39, 0.29) is 20.7 Å². The Morgan fingerprint density at radius 1 is 1.00 bits per heavy atom. The molecule has 2 rings (SSSR count). The number of ketones is 1. The van der Waals surface area contributed by atoms with Crippen LogP contribution in [0.5, 0.6) is 0 Å². The molecule has 2 aromatic carbocycles. The SMILES string of the molecule is C/C(=C/C(=O)C(F)(F)F)Nc1ccccc1[Se]c1ccccc1.CC.